The molecule has 0 aliphatic heterocycles. The first kappa shape index (κ1) is 15.4. The van der Waals surface area contributed by atoms with Crippen molar-refractivity contribution in [3.05, 3.63) is 48.8 Å². The van der Waals surface area contributed by atoms with Gasteiger partial charge >= 0.3 is 5.97 Å². The molecule has 0 rings (SSSR count). The summed E-state index contributed by atoms with van der Waals surface area (Å²) in [4.78, 5) is 10.4. The fourth-order valence-electron chi connectivity index (χ4n) is 1.12. The van der Waals surface area contributed by atoms with Gasteiger partial charge in [-0.1, -0.05) is 56.2 Å². The number of unbranched alkanes of at least 4 members (excludes halogenated alkanes) is 3. The number of rotatable bonds is 8. The average Bonchev–Trinajstić information content (AvgIpc) is 2.30. The van der Waals surface area contributed by atoms with Crippen LogP contribution in [0.2, 0.25) is 0 Å². The van der Waals surface area contributed by atoms with Gasteiger partial charge in [-0.2, -0.15) is 0 Å². The number of hydrogen-bond acceptors (Lipinski definition) is 2. The highest BCUT2D eigenvalue weighted by atomic mass is 16.5. The molecule has 94 valence electrons. The van der Waals surface area contributed by atoms with Crippen LogP contribution in [0.4, 0.5) is 0 Å². The zero-order valence-electron chi connectivity index (χ0n) is 10.8. The van der Waals surface area contributed by atoms with Crippen LogP contribution in [0.5, 0.6) is 0 Å². The molecule has 0 saturated heterocycles. The molecular weight excluding hydrogens is 212 g/mol. The van der Waals surface area contributed by atoms with Crippen LogP contribution in [0.1, 0.15) is 39.5 Å². The lowest BCUT2D eigenvalue weighted by atomic mass is 10.2. The van der Waals surface area contributed by atoms with Gasteiger partial charge in [0.15, 0.2) is 0 Å². The molecule has 2 nitrogen and oxygen atoms in total. The molecule has 0 amide bonds. The van der Waals surface area contributed by atoms with Crippen molar-refractivity contribution in [1.82, 2.24) is 0 Å². The molecular formula is C15H22O2. The van der Waals surface area contributed by atoms with Gasteiger partial charge in [0.2, 0.25) is 0 Å². The molecule has 0 bridgehead atoms. The third kappa shape index (κ3) is 14.4. The van der Waals surface area contributed by atoms with Gasteiger partial charge in [-0.15, -0.1) is 0 Å². The summed E-state index contributed by atoms with van der Waals surface area (Å²) in [6.45, 7) is 3.58. The summed E-state index contributed by atoms with van der Waals surface area (Å²) < 4.78 is 4.62. The number of carbonyl (C=O) groups excluding carboxylic acids is 1. The molecule has 0 aromatic carbocycles. The third-order valence-corrected chi connectivity index (χ3v) is 1.98. The van der Waals surface area contributed by atoms with E-state index < -0.39 is 0 Å². The normalized spacial score (nSPS) is 12.4. The molecule has 0 radical (unpaired) electrons. The van der Waals surface area contributed by atoms with Gasteiger partial charge in [0.1, 0.15) is 0 Å². The van der Waals surface area contributed by atoms with Crippen LogP contribution in [0, 0.1) is 0 Å². The number of carbonyl (C=O) groups is 1. The summed E-state index contributed by atoms with van der Waals surface area (Å²) in [6.07, 6.45) is 19.9. The number of esters is 1. The topological polar surface area (TPSA) is 26.3 Å². The van der Waals surface area contributed by atoms with Gasteiger partial charge in [0.25, 0.3) is 0 Å². The van der Waals surface area contributed by atoms with E-state index in [0.717, 1.165) is 6.42 Å². The minimum atomic E-state index is -0.305. The van der Waals surface area contributed by atoms with Crippen molar-refractivity contribution in [3.63, 3.8) is 0 Å². The van der Waals surface area contributed by atoms with E-state index in [0.29, 0.717) is 0 Å². The maximum Gasteiger partial charge on any atom is 0.307 e. The predicted molar refractivity (Wildman–Crippen MR) is 72.5 cm³/mol. The Morgan fingerprint density at radius 2 is 1.65 bits per heavy atom. The van der Waals surface area contributed by atoms with E-state index in [2.05, 4.69) is 23.8 Å². The highest BCUT2D eigenvalue weighted by Gasteiger charge is 1.81. The molecule has 0 aliphatic carbocycles. The number of allylic oxidation sites excluding steroid dienone is 7. The van der Waals surface area contributed by atoms with Crippen molar-refractivity contribution in [3.8, 4) is 0 Å². The zero-order valence-corrected chi connectivity index (χ0v) is 10.8. The standard InChI is InChI=1S/C15H22O2/c1-3-4-5-6-7-8-9-10-11-12-13-14-17-15(2)16/h7-14H,3-6H2,1-2H3. The maximum atomic E-state index is 10.4. The van der Waals surface area contributed by atoms with E-state index in [1.807, 2.05) is 24.3 Å². The van der Waals surface area contributed by atoms with Gasteiger partial charge < -0.3 is 4.74 Å². The van der Waals surface area contributed by atoms with Crippen molar-refractivity contribution in [1.29, 1.82) is 0 Å². The second-order valence-electron chi connectivity index (χ2n) is 3.63. The quantitative estimate of drug-likeness (QED) is 0.271. The monoisotopic (exact) mass is 234 g/mol. The summed E-state index contributed by atoms with van der Waals surface area (Å²) in [5.41, 5.74) is 0. The lowest BCUT2D eigenvalue weighted by Gasteiger charge is -1.89. The fraction of sp³-hybridized carbons (Fsp3) is 0.400. The smallest absolute Gasteiger partial charge is 0.307 e. The van der Waals surface area contributed by atoms with Crippen molar-refractivity contribution in [2.24, 2.45) is 0 Å². The molecule has 0 heterocycles. The van der Waals surface area contributed by atoms with Gasteiger partial charge in [-0.25, -0.2) is 0 Å². The minimum absolute atomic E-state index is 0.305. The summed E-state index contributed by atoms with van der Waals surface area (Å²) in [7, 11) is 0. The molecule has 0 spiro atoms. The minimum Gasteiger partial charge on any atom is -0.435 e. The lowest BCUT2D eigenvalue weighted by molar-refractivity contribution is -0.135. The van der Waals surface area contributed by atoms with Crippen molar-refractivity contribution >= 4 is 5.97 Å². The maximum absolute atomic E-state index is 10.4. The van der Waals surface area contributed by atoms with Gasteiger partial charge in [0, 0.05) is 6.92 Å². The van der Waals surface area contributed by atoms with E-state index in [1.165, 1.54) is 32.4 Å². The summed E-state index contributed by atoms with van der Waals surface area (Å²) in [5, 5.41) is 0. The third-order valence-electron chi connectivity index (χ3n) is 1.98. The van der Waals surface area contributed by atoms with Crippen molar-refractivity contribution in [2.45, 2.75) is 39.5 Å². The SMILES string of the molecule is CCCCCC=CC=CC=CC=COC(C)=O. The Hall–Kier alpha value is -1.57. The largest absolute Gasteiger partial charge is 0.435 e. The Bertz CT molecular complexity index is 296. The molecule has 17 heavy (non-hydrogen) atoms. The van der Waals surface area contributed by atoms with E-state index in [-0.39, 0.29) is 5.97 Å². The molecule has 0 atom stereocenters. The predicted octanol–water partition coefficient (Wildman–Crippen LogP) is 4.31. The Kier molecular flexibility index (Phi) is 11.3. The van der Waals surface area contributed by atoms with Crippen LogP contribution < -0.4 is 0 Å². The van der Waals surface area contributed by atoms with E-state index in [9.17, 15) is 4.79 Å². The number of hydrogen-bond donors (Lipinski definition) is 0. The average molecular weight is 234 g/mol. The van der Waals surface area contributed by atoms with E-state index >= 15 is 0 Å². The molecule has 0 saturated carbocycles. The second-order valence-corrected chi connectivity index (χ2v) is 3.63. The molecule has 0 fully saturated rings. The van der Waals surface area contributed by atoms with Crippen LogP contribution >= 0.6 is 0 Å². The van der Waals surface area contributed by atoms with Crippen LogP contribution in [-0.2, 0) is 9.53 Å². The van der Waals surface area contributed by atoms with Gasteiger partial charge in [-0.05, 0) is 18.9 Å². The first-order valence-corrected chi connectivity index (χ1v) is 6.09. The van der Waals surface area contributed by atoms with Crippen LogP contribution in [0.25, 0.3) is 0 Å². The highest BCUT2D eigenvalue weighted by Crippen LogP contribution is 1.99. The number of ether oxygens (including phenoxy) is 1. The zero-order chi connectivity index (χ0) is 12.8. The highest BCUT2D eigenvalue weighted by molar-refractivity contribution is 5.66. The lowest BCUT2D eigenvalue weighted by Crippen LogP contribution is -1.88. The van der Waals surface area contributed by atoms with Crippen LogP contribution in [0.3, 0.4) is 0 Å². The Morgan fingerprint density at radius 1 is 1.00 bits per heavy atom. The Balaban J connectivity index is 3.55. The first-order valence-electron chi connectivity index (χ1n) is 6.09. The molecule has 0 N–H and O–H groups in total. The first-order chi connectivity index (χ1) is 8.27. The second kappa shape index (κ2) is 12.5. The Morgan fingerprint density at radius 3 is 2.29 bits per heavy atom. The molecule has 0 aromatic rings. The van der Waals surface area contributed by atoms with Crippen molar-refractivity contribution in [2.75, 3.05) is 0 Å². The summed E-state index contributed by atoms with van der Waals surface area (Å²) >= 11 is 0. The van der Waals surface area contributed by atoms with E-state index in [4.69, 9.17) is 0 Å². The molecule has 0 aromatic heterocycles. The van der Waals surface area contributed by atoms with Crippen LogP contribution in [0.15, 0.2) is 48.8 Å². The van der Waals surface area contributed by atoms with Gasteiger partial charge in [0.05, 0.1) is 6.26 Å². The Labute approximate surface area is 104 Å². The van der Waals surface area contributed by atoms with Crippen LogP contribution in [-0.4, -0.2) is 5.97 Å². The molecule has 0 aliphatic rings. The summed E-state index contributed by atoms with van der Waals surface area (Å²) in [5.74, 6) is -0.305. The molecule has 0 unspecified atom stereocenters. The van der Waals surface area contributed by atoms with E-state index in [1.54, 1.807) is 6.08 Å². The van der Waals surface area contributed by atoms with Gasteiger partial charge in [-0.3, -0.25) is 4.79 Å². The molecule has 2 heteroatoms. The fourth-order valence-corrected chi connectivity index (χ4v) is 1.12. The summed E-state index contributed by atoms with van der Waals surface area (Å²) in [6, 6.07) is 0. The van der Waals surface area contributed by atoms with Crippen molar-refractivity contribution < 1.29 is 9.53 Å².